The molecule has 0 aliphatic rings. The fourth-order valence-corrected chi connectivity index (χ4v) is 4.98. The Labute approximate surface area is 97.1 Å². The molecule has 2 heteroatoms. The molecule has 0 heterocycles. The molecule has 0 atom stereocenters. The average molecular weight is 273 g/mol. The summed E-state index contributed by atoms with van der Waals surface area (Å²) in [4.78, 5) is 0. The van der Waals surface area contributed by atoms with Gasteiger partial charge in [-0.25, -0.2) is 0 Å². The van der Waals surface area contributed by atoms with Crippen LogP contribution in [0.25, 0.3) is 0 Å². The van der Waals surface area contributed by atoms with Crippen molar-refractivity contribution in [1.29, 1.82) is 0 Å². The van der Waals surface area contributed by atoms with Crippen molar-refractivity contribution in [2.45, 2.75) is 32.6 Å². The fourth-order valence-electron chi connectivity index (χ4n) is 1.17. The fraction of sp³-hybridized carbons (Fsp3) is 0.500. The summed E-state index contributed by atoms with van der Waals surface area (Å²) in [6.45, 7) is 2.26. The van der Waals surface area contributed by atoms with Crippen molar-refractivity contribution in [3.05, 3.63) is 30.3 Å². The number of unbranched alkanes of at least 4 members (excludes halogenated alkanes) is 3. The molecule has 0 fully saturated rings. The summed E-state index contributed by atoms with van der Waals surface area (Å²) in [6.07, 6.45) is 5.55. The summed E-state index contributed by atoms with van der Waals surface area (Å²) in [6, 6.07) is 10.8. The van der Waals surface area contributed by atoms with Crippen LogP contribution in [0, 0.1) is 0 Å². The van der Waals surface area contributed by atoms with Crippen LogP contribution in [0.3, 0.4) is 0 Å². The first-order chi connectivity index (χ1) is 6.93. The van der Waals surface area contributed by atoms with Crippen LogP contribution in [0.1, 0.15) is 32.6 Å². The van der Waals surface area contributed by atoms with Gasteiger partial charge in [0.2, 0.25) is 0 Å². The van der Waals surface area contributed by atoms with E-state index < -0.39 is 0 Å². The summed E-state index contributed by atoms with van der Waals surface area (Å²) in [5.41, 5.74) is 0. The minimum atomic E-state index is 0.632. The average Bonchev–Trinajstić information content (AvgIpc) is 2.25. The Kier molecular flexibility index (Phi) is 7.30. The van der Waals surface area contributed by atoms with Crippen LogP contribution in [-0.4, -0.2) is 19.6 Å². The molecule has 0 nitrogen and oxygen atoms in total. The summed E-state index contributed by atoms with van der Waals surface area (Å²) in [7, 11) is 2.12. The Bertz CT molecular complexity index is 223. The second kappa shape index (κ2) is 8.40. The van der Waals surface area contributed by atoms with Crippen LogP contribution in [0.15, 0.2) is 30.3 Å². The van der Waals surface area contributed by atoms with Crippen LogP contribution in [0.5, 0.6) is 0 Å². The maximum absolute atomic E-state index is 2.26. The summed E-state index contributed by atoms with van der Waals surface area (Å²) < 4.78 is 1.51. The van der Waals surface area contributed by atoms with Gasteiger partial charge in [-0.2, -0.15) is 0 Å². The van der Waals surface area contributed by atoms with E-state index in [-0.39, 0.29) is 0 Å². The Balaban J connectivity index is 1.99. The molecule has 0 aliphatic heterocycles. The second-order valence-electron chi connectivity index (χ2n) is 3.28. The molecule has 0 saturated heterocycles. The van der Waals surface area contributed by atoms with E-state index >= 15 is 0 Å². The first kappa shape index (κ1) is 12.2. The quantitative estimate of drug-likeness (QED) is 0.543. The van der Waals surface area contributed by atoms with Crippen LogP contribution >= 0.6 is 10.2 Å². The Morgan fingerprint density at radius 3 is 2.57 bits per heavy atom. The third kappa shape index (κ3) is 5.74. The minimum absolute atomic E-state index is 0.632. The van der Waals surface area contributed by atoms with E-state index in [4.69, 9.17) is 0 Å². The van der Waals surface area contributed by atoms with E-state index in [0.29, 0.717) is 13.8 Å². The number of hydrogen-bond acceptors (Lipinski definition) is 1. The van der Waals surface area contributed by atoms with Crippen LogP contribution in [0.2, 0.25) is 0 Å². The molecule has 14 heavy (non-hydrogen) atoms. The van der Waals surface area contributed by atoms with Crippen molar-refractivity contribution in [2.75, 3.05) is 5.75 Å². The Morgan fingerprint density at radius 2 is 1.86 bits per heavy atom. The van der Waals surface area contributed by atoms with E-state index in [2.05, 4.69) is 47.4 Å². The van der Waals surface area contributed by atoms with E-state index in [9.17, 15) is 0 Å². The number of hydrogen-bond donors (Lipinski definition) is 0. The van der Waals surface area contributed by atoms with Gasteiger partial charge in [-0.3, -0.25) is 0 Å². The predicted octanol–water partition coefficient (Wildman–Crippen LogP) is 3.24. The van der Waals surface area contributed by atoms with Crippen LogP contribution < -0.4 is 4.46 Å². The zero-order chi connectivity index (χ0) is 10.1. The van der Waals surface area contributed by atoms with Gasteiger partial charge in [0.15, 0.2) is 0 Å². The van der Waals surface area contributed by atoms with E-state index in [1.165, 1.54) is 35.9 Å². The molecule has 0 saturated carbocycles. The Hall–Kier alpha value is 0.0895. The summed E-state index contributed by atoms with van der Waals surface area (Å²) >= 11 is 0.632. The number of benzene rings is 1. The maximum atomic E-state index is 2.26. The third-order valence-corrected chi connectivity index (χ3v) is 6.32. The molecule has 0 amide bonds. The standard InChI is InChI=1S/C12H18SSe/c1-2-3-4-8-11-13-14-12-9-6-5-7-10-12/h5-7,9-10H,2-4,8,11H2,1H3. The molecular weight excluding hydrogens is 255 g/mol. The van der Waals surface area contributed by atoms with Gasteiger partial charge in [-0.05, 0) is 0 Å². The van der Waals surface area contributed by atoms with E-state index in [1.807, 2.05) is 0 Å². The van der Waals surface area contributed by atoms with Crippen molar-refractivity contribution in [2.24, 2.45) is 0 Å². The van der Waals surface area contributed by atoms with Gasteiger partial charge in [0.1, 0.15) is 0 Å². The molecule has 0 aromatic heterocycles. The predicted molar refractivity (Wildman–Crippen MR) is 68.4 cm³/mol. The molecular formula is C12H18SSe. The van der Waals surface area contributed by atoms with Crippen molar-refractivity contribution >= 4 is 28.5 Å². The monoisotopic (exact) mass is 274 g/mol. The molecule has 0 N–H and O–H groups in total. The molecule has 0 aliphatic carbocycles. The van der Waals surface area contributed by atoms with Crippen LogP contribution in [-0.2, 0) is 0 Å². The van der Waals surface area contributed by atoms with Gasteiger partial charge in [0.05, 0.1) is 0 Å². The molecule has 0 radical (unpaired) electrons. The van der Waals surface area contributed by atoms with Crippen molar-refractivity contribution in [3.8, 4) is 0 Å². The summed E-state index contributed by atoms with van der Waals surface area (Å²) in [5.74, 6) is 1.34. The molecule has 1 rings (SSSR count). The summed E-state index contributed by atoms with van der Waals surface area (Å²) in [5, 5.41) is 0. The molecule has 0 bridgehead atoms. The molecule has 1 aromatic rings. The molecule has 0 spiro atoms. The molecule has 1 aromatic carbocycles. The Morgan fingerprint density at radius 1 is 1.07 bits per heavy atom. The van der Waals surface area contributed by atoms with Gasteiger partial charge in [0, 0.05) is 0 Å². The zero-order valence-corrected chi connectivity index (χ0v) is 11.3. The van der Waals surface area contributed by atoms with Crippen LogP contribution in [0.4, 0.5) is 0 Å². The van der Waals surface area contributed by atoms with Gasteiger partial charge in [-0.15, -0.1) is 0 Å². The normalized spacial score (nSPS) is 10.4. The van der Waals surface area contributed by atoms with Crippen molar-refractivity contribution in [1.82, 2.24) is 0 Å². The first-order valence-electron chi connectivity index (χ1n) is 5.28. The van der Waals surface area contributed by atoms with Gasteiger partial charge in [-0.1, -0.05) is 0 Å². The SMILES string of the molecule is CCCCCCS[Se]c1ccccc1. The zero-order valence-electron chi connectivity index (χ0n) is 8.74. The van der Waals surface area contributed by atoms with Crippen molar-refractivity contribution < 1.29 is 0 Å². The number of rotatable bonds is 7. The topological polar surface area (TPSA) is 0 Å². The molecule has 78 valence electrons. The van der Waals surface area contributed by atoms with Crippen molar-refractivity contribution in [3.63, 3.8) is 0 Å². The second-order valence-corrected chi connectivity index (χ2v) is 7.61. The van der Waals surface area contributed by atoms with E-state index in [0.717, 1.165) is 0 Å². The van der Waals surface area contributed by atoms with Gasteiger partial charge >= 0.3 is 97.2 Å². The van der Waals surface area contributed by atoms with Gasteiger partial charge < -0.3 is 0 Å². The third-order valence-electron chi connectivity index (χ3n) is 1.98. The molecule has 0 unspecified atom stereocenters. The van der Waals surface area contributed by atoms with E-state index in [1.54, 1.807) is 0 Å². The van der Waals surface area contributed by atoms with Gasteiger partial charge in [0.25, 0.3) is 0 Å². The first-order valence-corrected chi connectivity index (χ1v) is 9.14.